The number of carbonyl (C=O) groups excluding carboxylic acids is 1. The van der Waals surface area contributed by atoms with Crippen LogP contribution >= 0.6 is 11.6 Å². The second-order valence-electron chi connectivity index (χ2n) is 8.53. The molecule has 0 spiro atoms. The number of amides is 1. The molecule has 0 bridgehead atoms. The molecule has 0 aliphatic rings. The lowest BCUT2D eigenvalue weighted by molar-refractivity contribution is 0.0940. The predicted octanol–water partition coefficient (Wildman–Crippen LogP) is 7.28. The summed E-state index contributed by atoms with van der Waals surface area (Å²) in [7, 11) is 0. The Labute approximate surface area is 208 Å². The quantitative estimate of drug-likeness (QED) is 0.285. The van der Waals surface area contributed by atoms with E-state index in [-0.39, 0.29) is 17.8 Å². The van der Waals surface area contributed by atoms with E-state index >= 15 is 0 Å². The summed E-state index contributed by atoms with van der Waals surface area (Å²) in [4.78, 5) is 17.5. The van der Waals surface area contributed by atoms with Crippen LogP contribution in [0.3, 0.4) is 0 Å². The Morgan fingerprint density at radius 3 is 2.49 bits per heavy atom. The van der Waals surface area contributed by atoms with Crippen molar-refractivity contribution in [2.75, 3.05) is 0 Å². The molecule has 174 valence electrons. The van der Waals surface area contributed by atoms with E-state index in [1.807, 2.05) is 79.2 Å². The molecule has 0 aliphatic carbocycles. The number of halogens is 2. The monoisotopic (exact) mass is 483 g/mol. The number of benzene rings is 3. The Morgan fingerprint density at radius 2 is 1.77 bits per heavy atom. The summed E-state index contributed by atoms with van der Waals surface area (Å²) in [6.45, 7) is 3.86. The van der Waals surface area contributed by atoms with Crippen molar-refractivity contribution in [1.82, 2.24) is 14.9 Å². The summed E-state index contributed by atoms with van der Waals surface area (Å²) in [5.41, 5.74) is 5.81. The van der Waals surface area contributed by atoms with Crippen LogP contribution in [-0.2, 0) is 0 Å². The van der Waals surface area contributed by atoms with Gasteiger partial charge in [0.05, 0.1) is 11.6 Å². The minimum absolute atomic E-state index is 0.189. The lowest BCUT2D eigenvalue weighted by Crippen LogP contribution is -2.26. The van der Waals surface area contributed by atoms with E-state index in [4.69, 9.17) is 11.6 Å². The topological polar surface area (TPSA) is 46.9 Å². The Bertz CT molecular complexity index is 1520. The van der Waals surface area contributed by atoms with Gasteiger partial charge in [0.15, 0.2) is 0 Å². The van der Waals surface area contributed by atoms with Crippen LogP contribution < -0.4 is 5.32 Å². The summed E-state index contributed by atoms with van der Waals surface area (Å²) in [5, 5.41) is 4.62. The fourth-order valence-corrected chi connectivity index (χ4v) is 4.41. The third-order valence-electron chi connectivity index (χ3n) is 6.12. The number of aryl methyl sites for hydroxylation is 1. The van der Waals surface area contributed by atoms with E-state index in [9.17, 15) is 9.18 Å². The number of aromatic nitrogens is 2. The van der Waals surface area contributed by atoms with E-state index < -0.39 is 0 Å². The van der Waals surface area contributed by atoms with Crippen molar-refractivity contribution in [2.24, 2.45) is 0 Å². The molecule has 4 nitrogen and oxygen atoms in total. The van der Waals surface area contributed by atoms with Gasteiger partial charge in [0.1, 0.15) is 5.82 Å². The Kier molecular flexibility index (Phi) is 6.10. The number of rotatable bonds is 5. The maximum atomic E-state index is 13.6. The molecule has 0 aliphatic heterocycles. The first-order chi connectivity index (χ1) is 16.9. The van der Waals surface area contributed by atoms with Crippen molar-refractivity contribution >= 4 is 28.4 Å². The van der Waals surface area contributed by atoms with Crippen LogP contribution in [0.15, 0.2) is 91.3 Å². The van der Waals surface area contributed by atoms with Crippen molar-refractivity contribution in [3.63, 3.8) is 0 Å². The number of pyridine rings is 1. The van der Waals surface area contributed by atoms with Gasteiger partial charge in [-0.15, -0.1) is 0 Å². The van der Waals surface area contributed by atoms with Gasteiger partial charge in [0.2, 0.25) is 0 Å². The Balaban J connectivity index is 1.58. The summed E-state index contributed by atoms with van der Waals surface area (Å²) in [5.74, 6) is -0.498. The summed E-state index contributed by atoms with van der Waals surface area (Å²) < 4.78 is 15.6. The number of hydrogen-bond donors (Lipinski definition) is 1. The van der Waals surface area contributed by atoms with Crippen molar-refractivity contribution in [2.45, 2.75) is 19.9 Å². The highest BCUT2D eigenvalue weighted by molar-refractivity contribution is 6.33. The molecule has 0 fully saturated rings. The summed E-state index contributed by atoms with van der Waals surface area (Å²) >= 11 is 6.51. The molecule has 0 unspecified atom stereocenters. The largest absolute Gasteiger partial charge is 0.345 e. The molecule has 1 N–H and O–H groups in total. The summed E-state index contributed by atoms with van der Waals surface area (Å²) in [6, 6.07) is 23.2. The fraction of sp³-hybridized carbons (Fsp3) is 0.103. The first-order valence-electron chi connectivity index (χ1n) is 11.3. The number of carbonyl (C=O) groups is 1. The zero-order valence-electron chi connectivity index (χ0n) is 19.3. The third kappa shape index (κ3) is 4.55. The van der Waals surface area contributed by atoms with Gasteiger partial charge >= 0.3 is 0 Å². The van der Waals surface area contributed by atoms with Gasteiger partial charge in [-0.2, -0.15) is 0 Å². The lowest BCUT2D eigenvalue weighted by atomic mass is 10.0. The second kappa shape index (κ2) is 9.35. The molecule has 0 radical (unpaired) electrons. The van der Waals surface area contributed by atoms with Crippen molar-refractivity contribution in [3.8, 4) is 16.8 Å². The zero-order chi connectivity index (χ0) is 24.5. The van der Waals surface area contributed by atoms with Gasteiger partial charge in [0, 0.05) is 50.9 Å². The smallest absolute Gasteiger partial charge is 0.251 e. The zero-order valence-corrected chi connectivity index (χ0v) is 20.1. The highest BCUT2D eigenvalue weighted by atomic mass is 35.5. The number of nitrogens with zero attached hydrogens (tertiary/aromatic N) is 2. The van der Waals surface area contributed by atoms with E-state index in [0.29, 0.717) is 10.6 Å². The van der Waals surface area contributed by atoms with Crippen molar-refractivity contribution in [3.05, 3.63) is 119 Å². The highest BCUT2D eigenvalue weighted by Crippen LogP contribution is 2.36. The van der Waals surface area contributed by atoms with E-state index in [2.05, 4.69) is 10.3 Å². The average molecular weight is 484 g/mol. The van der Waals surface area contributed by atoms with Crippen LogP contribution in [0.25, 0.3) is 27.7 Å². The molecule has 6 heteroatoms. The normalized spacial score (nSPS) is 12.0. The third-order valence-corrected chi connectivity index (χ3v) is 6.45. The molecule has 1 amide bonds. The van der Waals surface area contributed by atoms with E-state index in [1.165, 1.54) is 12.1 Å². The molecule has 0 saturated heterocycles. The molecule has 2 aromatic heterocycles. The second-order valence-corrected chi connectivity index (χ2v) is 8.94. The van der Waals surface area contributed by atoms with Gasteiger partial charge in [0.25, 0.3) is 5.91 Å². The van der Waals surface area contributed by atoms with Gasteiger partial charge in [-0.3, -0.25) is 9.78 Å². The van der Waals surface area contributed by atoms with Crippen LogP contribution in [-0.4, -0.2) is 15.5 Å². The molecule has 3 aromatic carbocycles. The minimum atomic E-state index is -0.309. The van der Waals surface area contributed by atoms with Crippen LogP contribution in [0.2, 0.25) is 5.02 Å². The first kappa shape index (κ1) is 22.8. The average Bonchev–Trinajstić information content (AvgIpc) is 3.24. The fourth-order valence-electron chi connectivity index (χ4n) is 4.18. The van der Waals surface area contributed by atoms with Crippen molar-refractivity contribution < 1.29 is 9.18 Å². The highest BCUT2D eigenvalue weighted by Gasteiger charge is 2.17. The first-order valence-corrected chi connectivity index (χ1v) is 11.7. The number of nitrogens with one attached hydrogen (secondary N) is 1. The molecule has 2 heterocycles. The van der Waals surface area contributed by atoms with Gasteiger partial charge in [-0.1, -0.05) is 41.9 Å². The van der Waals surface area contributed by atoms with Gasteiger partial charge in [-0.05, 0) is 67.9 Å². The van der Waals surface area contributed by atoms with Crippen LogP contribution in [0.4, 0.5) is 4.39 Å². The maximum absolute atomic E-state index is 13.6. The van der Waals surface area contributed by atoms with Gasteiger partial charge in [-0.25, -0.2) is 4.39 Å². The number of hydrogen-bond acceptors (Lipinski definition) is 2. The molecular weight excluding hydrogens is 461 g/mol. The SMILES string of the molecule is Cc1ccc([C@H](C)NC(=O)c2ccc3c(-c4ccccc4Cl)cn(-c4ccc(F)cc4)c3c2)cn1. The summed E-state index contributed by atoms with van der Waals surface area (Å²) in [6.07, 6.45) is 3.75. The molecule has 5 aromatic rings. The molecule has 5 rings (SSSR count). The maximum Gasteiger partial charge on any atom is 0.251 e. The minimum Gasteiger partial charge on any atom is -0.345 e. The van der Waals surface area contributed by atoms with Gasteiger partial charge < -0.3 is 9.88 Å². The number of fused-ring (bicyclic) bond motifs is 1. The van der Waals surface area contributed by atoms with Crippen LogP contribution in [0, 0.1) is 12.7 Å². The molecular formula is C29H23ClFN3O. The van der Waals surface area contributed by atoms with Crippen LogP contribution in [0.5, 0.6) is 0 Å². The standard InChI is InChI=1S/C29H23ClFN3O/c1-18-7-8-21(16-32-18)19(2)33-29(35)20-9-14-25-26(24-5-3-4-6-27(24)30)17-34(28(25)15-20)23-12-10-22(31)11-13-23/h3-17,19H,1-2H3,(H,33,35)/t19-/m0/s1. The van der Waals surface area contributed by atoms with E-state index in [0.717, 1.165) is 39.0 Å². The Morgan fingerprint density at radius 1 is 1.00 bits per heavy atom. The van der Waals surface area contributed by atoms with Crippen LogP contribution in [0.1, 0.15) is 34.6 Å². The molecule has 35 heavy (non-hydrogen) atoms. The predicted molar refractivity (Wildman–Crippen MR) is 139 cm³/mol. The lowest BCUT2D eigenvalue weighted by Gasteiger charge is -2.14. The molecule has 0 saturated carbocycles. The Hall–Kier alpha value is -3.96. The molecule has 1 atom stereocenters. The van der Waals surface area contributed by atoms with Crippen molar-refractivity contribution in [1.29, 1.82) is 0 Å². The van der Waals surface area contributed by atoms with E-state index in [1.54, 1.807) is 18.3 Å².